The highest BCUT2D eigenvalue weighted by Crippen LogP contribution is 2.19. The van der Waals surface area contributed by atoms with Gasteiger partial charge in [0, 0.05) is 33.1 Å². The van der Waals surface area contributed by atoms with Crippen molar-refractivity contribution in [3.8, 4) is 0 Å². The molecule has 0 unspecified atom stereocenters. The molecule has 1 aliphatic rings. The summed E-state index contributed by atoms with van der Waals surface area (Å²) >= 11 is 0. The van der Waals surface area contributed by atoms with Crippen LogP contribution in [0.15, 0.2) is 0 Å². The predicted octanol–water partition coefficient (Wildman–Crippen LogP) is 0.553. The minimum Gasteiger partial charge on any atom is -0.453 e. The highest BCUT2D eigenvalue weighted by molar-refractivity contribution is 5.78. The van der Waals surface area contributed by atoms with Gasteiger partial charge >= 0.3 is 6.09 Å². The van der Waals surface area contributed by atoms with Gasteiger partial charge in [0.1, 0.15) is 0 Å². The van der Waals surface area contributed by atoms with Gasteiger partial charge in [-0.25, -0.2) is 4.79 Å². The van der Waals surface area contributed by atoms with Gasteiger partial charge in [-0.05, 0) is 12.8 Å². The Bertz CT molecular complexity index is 245. The van der Waals surface area contributed by atoms with E-state index in [0.29, 0.717) is 13.1 Å². The number of ether oxygens (including phenoxy) is 1. The number of carbonyl (C=O) groups excluding carboxylic acids is 2. The molecular weight excluding hydrogens is 196 g/mol. The molecular formula is C10H18N2O3. The zero-order valence-corrected chi connectivity index (χ0v) is 9.52. The van der Waals surface area contributed by atoms with Crippen LogP contribution in [0.2, 0.25) is 0 Å². The zero-order chi connectivity index (χ0) is 11.4. The number of piperidine rings is 1. The maximum atomic E-state index is 11.6. The molecule has 2 amide bonds. The summed E-state index contributed by atoms with van der Waals surface area (Å²) < 4.78 is 4.62. The smallest absolute Gasteiger partial charge is 0.409 e. The summed E-state index contributed by atoms with van der Waals surface area (Å²) in [4.78, 5) is 26.1. The molecule has 1 fully saturated rings. The van der Waals surface area contributed by atoms with Crippen LogP contribution in [-0.2, 0) is 9.53 Å². The number of carbonyl (C=O) groups is 2. The van der Waals surface area contributed by atoms with Crippen molar-refractivity contribution in [2.45, 2.75) is 12.8 Å². The minimum atomic E-state index is -0.300. The third-order valence-electron chi connectivity index (χ3n) is 2.72. The molecule has 1 saturated heterocycles. The maximum absolute atomic E-state index is 11.6. The lowest BCUT2D eigenvalue weighted by molar-refractivity contribution is -0.134. The zero-order valence-electron chi connectivity index (χ0n) is 9.52. The number of likely N-dealkylation sites (tertiary alicyclic amines) is 1. The molecule has 0 aromatic heterocycles. The summed E-state index contributed by atoms with van der Waals surface area (Å²) in [5.41, 5.74) is 0. The van der Waals surface area contributed by atoms with Crippen molar-refractivity contribution < 1.29 is 14.3 Å². The first-order valence-electron chi connectivity index (χ1n) is 5.10. The molecule has 0 atom stereocenters. The van der Waals surface area contributed by atoms with Crippen molar-refractivity contribution in [1.82, 2.24) is 9.80 Å². The van der Waals surface area contributed by atoms with E-state index in [1.165, 1.54) is 7.11 Å². The first-order valence-corrected chi connectivity index (χ1v) is 5.10. The van der Waals surface area contributed by atoms with Crippen LogP contribution in [0.25, 0.3) is 0 Å². The fourth-order valence-electron chi connectivity index (χ4n) is 1.80. The van der Waals surface area contributed by atoms with Crippen molar-refractivity contribution in [2.24, 2.45) is 5.92 Å². The van der Waals surface area contributed by atoms with Crippen LogP contribution in [0, 0.1) is 5.92 Å². The van der Waals surface area contributed by atoms with Crippen molar-refractivity contribution in [3.05, 3.63) is 0 Å². The van der Waals surface area contributed by atoms with E-state index in [0.717, 1.165) is 12.8 Å². The molecule has 5 nitrogen and oxygen atoms in total. The van der Waals surface area contributed by atoms with Gasteiger partial charge in [0.25, 0.3) is 0 Å². The Balaban J connectivity index is 2.42. The molecule has 5 heteroatoms. The molecule has 0 aliphatic carbocycles. The number of amides is 2. The fourth-order valence-corrected chi connectivity index (χ4v) is 1.80. The first-order chi connectivity index (χ1) is 7.06. The number of nitrogens with zero attached hydrogens (tertiary/aromatic N) is 2. The second-order valence-electron chi connectivity index (χ2n) is 3.96. The molecule has 0 N–H and O–H groups in total. The molecule has 0 spiro atoms. The Kier molecular flexibility index (Phi) is 3.94. The molecule has 0 aromatic rings. The van der Waals surface area contributed by atoms with Crippen molar-refractivity contribution in [2.75, 3.05) is 34.3 Å². The third kappa shape index (κ3) is 2.84. The van der Waals surface area contributed by atoms with Crippen LogP contribution in [0.5, 0.6) is 0 Å². The number of rotatable bonds is 1. The van der Waals surface area contributed by atoms with Crippen LogP contribution >= 0.6 is 0 Å². The van der Waals surface area contributed by atoms with E-state index in [2.05, 4.69) is 4.74 Å². The molecule has 86 valence electrons. The monoisotopic (exact) mass is 214 g/mol. The van der Waals surface area contributed by atoms with E-state index in [9.17, 15) is 9.59 Å². The van der Waals surface area contributed by atoms with Crippen molar-refractivity contribution >= 4 is 12.0 Å². The Morgan fingerprint density at radius 2 is 1.80 bits per heavy atom. The van der Waals surface area contributed by atoms with E-state index in [4.69, 9.17) is 0 Å². The summed E-state index contributed by atoms with van der Waals surface area (Å²) in [6.07, 6.45) is 1.16. The van der Waals surface area contributed by atoms with Crippen molar-refractivity contribution in [3.63, 3.8) is 0 Å². The SMILES string of the molecule is COC(=O)N1CCC(C(=O)N(C)C)CC1. The Morgan fingerprint density at radius 1 is 1.27 bits per heavy atom. The lowest BCUT2D eigenvalue weighted by Crippen LogP contribution is -2.42. The Morgan fingerprint density at radius 3 is 2.20 bits per heavy atom. The summed E-state index contributed by atoms with van der Waals surface area (Å²) in [5, 5.41) is 0. The summed E-state index contributed by atoms with van der Waals surface area (Å²) in [5.74, 6) is 0.209. The van der Waals surface area contributed by atoms with Gasteiger partial charge in [-0.3, -0.25) is 4.79 Å². The van der Waals surface area contributed by atoms with E-state index >= 15 is 0 Å². The van der Waals surface area contributed by atoms with Crippen LogP contribution in [0.1, 0.15) is 12.8 Å². The van der Waals surface area contributed by atoms with E-state index in [-0.39, 0.29) is 17.9 Å². The van der Waals surface area contributed by atoms with Crippen LogP contribution in [-0.4, -0.2) is 56.1 Å². The van der Waals surface area contributed by atoms with Gasteiger partial charge in [-0.15, -0.1) is 0 Å². The lowest BCUT2D eigenvalue weighted by atomic mass is 9.96. The highest BCUT2D eigenvalue weighted by Gasteiger charge is 2.28. The Hall–Kier alpha value is -1.26. The van der Waals surface area contributed by atoms with E-state index in [1.54, 1.807) is 23.9 Å². The van der Waals surface area contributed by atoms with Crippen LogP contribution in [0.3, 0.4) is 0 Å². The average Bonchev–Trinajstić information content (AvgIpc) is 2.27. The maximum Gasteiger partial charge on any atom is 0.409 e. The lowest BCUT2D eigenvalue weighted by Gasteiger charge is -2.31. The largest absolute Gasteiger partial charge is 0.453 e. The van der Waals surface area contributed by atoms with Gasteiger partial charge < -0.3 is 14.5 Å². The van der Waals surface area contributed by atoms with Gasteiger partial charge in [0.05, 0.1) is 7.11 Å². The minimum absolute atomic E-state index is 0.0564. The second kappa shape index (κ2) is 5.00. The molecule has 0 bridgehead atoms. The van der Waals surface area contributed by atoms with Crippen LogP contribution < -0.4 is 0 Å². The molecule has 0 radical (unpaired) electrons. The van der Waals surface area contributed by atoms with Gasteiger partial charge in [0.2, 0.25) is 5.91 Å². The number of hydrogen-bond acceptors (Lipinski definition) is 3. The molecule has 1 rings (SSSR count). The van der Waals surface area contributed by atoms with Gasteiger partial charge in [0.15, 0.2) is 0 Å². The standard InChI is InChI=1S/C10H18N2O3/c1-11(2)9(13)8-4-6-12(7-5-8)10(14)15-3/h8H,4-7H2,1-3H3. The second-order valence-corrected chi connectivity index (χ2v) is 3.96. The molecule has 0 saturated carbocycles. The van der Waals surface area contributed by atoms with E-state index in [1.807, 2.05) is 0 Å². The molecule has 1 aliphatic heterocycles. The van der Waals surface area contributed by atoms with Crippen LogP contribution in [0.4, 0.5) is 4.79 Å². The molecule has 15 heavy (non-hydrogen) atoms. The van der Waals surface area contributed by atoms with E-state index < -0.39 is 0 Å². The third-order valence-corrected chi connectivity index (χ3v) is 2.72. The van der Waals surface area contributed by atoms with Gasteiger partial charge in [-0.1, -0.05) is 0 Å². The average molecular weight is 214 g/mol. The number of hydrogen-bond donors (Lipinski definition) is 0. The predicted molar refractivity (Wildman–Crippen MR) is 55.4 cm³/mol. The summed E-state index contributed by atoms with van der Waals surface area (Å²) in [6, 6.07) is 0. The molecule has 1 heterocycles. The quantitative estimate of drug-likeness (QED) is 0.640. The fraction of sp³-hybridized carbons (Fsp3) is 0.800. The number of methoxy groups -OCH3 is 1. The summed E-state index contributed by atoms with van der Waals surface area (Å²) in [6.45, 7) is 1.22. The topological polar surface area (TPSA) is 49.9 Å². The van der Waals surface area contributed by atoms with Gasteiger partial charge in [-0.2, -0.15) is 0 Å². The molecule has 0 aromatic carbocycles. The Labute approximate surface area is 90.0 Å². The normalized spacial score (nSPS) is 17.4. The summed E-state index contributed by atoms with van der Waals surface area (Å²) in [7, 11) is 4.89. The first kappa shape index (κ1) is 11.8. The highest BCUT2D eigenvalue weighted by atomic mass is 16.5. The van der Waals surface area contributed by atoms with Crippen molar-refractivity contribution in [1.29, 1.82) is 0 Å².